The number of hydrogen-bond acceptors (Lipinski definition) is 7. The smallest absolute Gasteiger partial charge is 0.295 e. The number of aromatic nitrogens is 1. The van der Waals surface area contributed by atoms with Crippen LogP contribution in [0.15, 0.2) is 47.6 Å². The van der Waals surface area contributed by atoms with Crippen molar-refractivity contribution in [1.82, 2.24) is 4.98 Å². The number of pyridine rings is 1. The van der Waals surface area contributed by atoms with E-state index in [0.29, 0.717) is 5.69 Å². The molecule has 2 rings (SSSR count). The van der Waals surface area contributed by atoms with Gasteiger partial charge in [0, 0.05) is 18.5 Å². The summed E-state index contributed by atoms with van der Waals surface area (Å²) in [5.41, 5.74) is 2.02. The van der Waals surface area contributed by atoms with Crippen LogP contribution in [0, 0.1) is 10.1 Å². The van der Waals surface area contributed by atoms with Crippen LogP contribution in [-0.2, 0) is 10.0 Å². The Morgan fingerprint density at radius 3 is 2.43 bits per heavy atom. The monoisotopic (exact) mass is 309 g/mol. The van der Waals surface area contributed by atoms with Crippen molar-refractivity contribution in [2.75, 3.05) is 10.1 Å². The molecule has 0 aliphatic heterocycles. The first-order valence-corrected chi connectivity index (χ1v) is 7.10. The van der Waals surface area contributed by atoms with Crippen molar-refractivity contribution in [1.29, 1.82) is 0 Å². The van der Waals surface area contributed by atoms with E-state index >= 15 is 0 Å². The summed E-state index contributed by atoms with van der Waals surface area (Å²) >= 11 is 0. The highest BCUT2D eigenvalue weighted by atomic mass is 32.2. The third kappa shape index (κ3) is 3.24. The molecule has 0 spiro atoms. The van der Waals surface area contributed by atoms with Crippen molar-refractivity contribution in [3.63, 3.8) is 0 Å². The molecule has 21 heavy (non-hydrogen) atoms. The van der Waals surface area contributed by atoms with E-state index in [-0.39, 0.29) is 10.6 Å². The maximum Gasteiger partial charge on any atom is 0.295 e. The fraction of sp³-hybridized carbons (Fsp3) is 0. The fourth-order valence-electron chi connectivity index (χ4n) is 1.59. The maximum atomic E-state index is 12.2. The number of nitro groups is 1. The van der Waals surface area contributed by atoms with E-state index in [9.17, 15) is 18.5 Å². The lowest BCUT2D eigenvalue weighted by molar-refractivity contribution is -0.384. The van der Waals surface area contributed by atoms with Gasteiger partial charge < -0.3 is 5.43 Å². The average Bonchev–Trinajstić information content (AvgIpc) is 2.47. The molecule has 2 aromatic rings. The van der Waals surface area contributed by atoms with Crippen LogP contribution in [0.5, 0.6) is 0 Å². The Labute approximate surface area is 120 Å². The number of rotatable bonds is 5. The lowest BCUT2D eigenvalue weighted by Crippen LogP contribution is -2.14. The van der Waals surface area contributed by atoms with E-state index < -0.39 is 20.6 Å². The highest BCUT2D eigenvalue weighted by Gasteiger charge is 2.21. The minimum absolute atomic E-state index is 0.0165. The molecule has 1 aromatic carbocycles. The average molecular weight is 309 g/mol. The van der Waals surface area contributed by atoms with Crippen LogP contribution >= 0.6 is 0 Å². The third-order valence-corrected chi connectivity index (χ3v) is 3.94. The van der Waals surface area contributed by atoms with Gasteiger partial charge in [0.15, 0.2) is 0 Å². The molecular formula is C11H11N5O4S. The molecule has 10 heteroatoms. The van der Waals surface area contributed by atoms with Gasteiger partial charge in [0.05, 0.1) is 15.5 Å². The number of nitrogens with one attached hydrogen (secondary N) is 2. The number of nitrogen functional groups attached to an aromatic ring is 1. The second-order valence-electron chi connectivity index (χ2n) is 3.92. The van der Waals surface area contributed by atoms with Crippen molar-refractivity contribution < 1.29 is 13.3 Å². The van der Waals surface area contributed by atoms with E-state index in [0.717, 1.165) is 6.07 Å². The minimum atomic E-state index is -3.95. The zero-order valence-corrected chi connectivity index (χ0v) is 11.4. The van der Waals surface area contributed by atoms with E-state index in [2.05, 4.69) is 15.1 Å². The summed E-state index contributed by atoms with van der Waals surface area (Å²) in [5.74, 6) is 5.14. The molecule has 0 fully saturated rings. The Kier molecular flexibility index (Phi) is 4.00. The summed E-state index contributed by atoms with van der Waals surface area (Å²) in [7, 11) is -3.95. The van der Waals surface area contributed by atoms with Gasteiger partial charge in [0.2, 0.25) is 0 Å². The summed E-state index contributed by atoms with van der Waals surface area (Å²) in [6.07, 6.45) is 2.84. The molecule has 0 saturated heterocycles. The van der Waals surface area contributed by atoms with Crippen LogP contribution in [0.1, 0.15) is 0 Å². The van der Waals surface area contributed by atoms with Gasteiger partial charge in [-0.1, -0.05) is 0 Å². The Bertz CT molecular complexity index is 763. The summed E-state index contributed by atoms with van der Waals surface area (Å²) in [4.78, 5) is 13.7. The largest absolute Gasteiger partial charge is 0.318 e. The van der Waals surface area contributed by atoms with Gasteiger partial charge in [-0.15, -0.1) is 0 Å². The molecule has 1 aromatic heterocycles. The summed E-state index contributed by atoms with van der Waals surface area (Å²) in [6.45, 7) is 0. The van der Waals surface area contributed by atoms with Gasteiger partial charge in [-0.05, 0) is 24.3 Å². The first-order valence-electron chi connectivity index (χ1n) is 5.62. The lowest BCUT2D eigenvalue weighted by atomic mass is 10.3. The molecule has 0 aliphatic rings. The molecule has 4 N–H and O–H groups in total. The second kappa shape index (κ2) is 5.73. The van der Waals surface area contributed by atoms with Crippen LogP contribution < -0.4 is 16.0 Å². The van der Waals surface area contributed by atoms with Gasteiger partial charge in [0.1, 0.15) is 5.69 Å². The Balaban J connectivity index is 2.41. The Morgan fingerprint density at radius 2 is 1.86 bits per heavy atom. The summed E-state index contributed by atoms with van der Waals surface area (Å²) < 4.78 is 26.6. The molecular weight excluding hydrogens is 298 g/mol. The lowest BCUT2D eigenvalue weighted by Gasteiger charge is -2.09. The molecule has 0 unspecified atom stereocenters. The number of hydrazine groups is 1. The van der Waals surface area contributed by atoms with E-state index in [1.165, 1.54) is 36.7 Å². The summed E-state index contributed by atoms with van der Waals surface area (Å²) in [5, 5.41) is 10.9. The van der Waals surface area contributed by atoms with Crippen molar-refractivity contribution in [2.45, 2.75) is 4.90 Å². The number of sulfonamides is 1. The molecule has 9 nitrogen and oxygen atoms in total. The van der Waals surface area contributed by atoms with Crippen LogP contribution in [0.4, 0.5) is 17.1 Å². The van der Waals surface area contributed by atoms with E-state index in [4.69, 9.17) is 5.84 Å². The van der Waals surface area contributed by atoms with Gasteiger partial charge in [-0.3, -0.25) is 25.7 Å². The van der Waals surface area contributed by atoms with Crippen molar-refractivity contribution in [3.8, 4) is 0 Å². The standard InChI is InChI=1S/C11H11N5O4S/c12-14-10-2-1-9(7-11(10)16(17)18)21(19,20)15-8-3-5-13-6-4-8/h1-7,14H,12H2,(H,13,15). The maximum absolute atomic E-state index is 12.2. The highest BCUT2D eigenvalue weighted by molar-refractivity contribution is 7.92. The van der Waals surface area contributed by atoms with Crippen LogP contribution in [0.2, 0.25) is 0 Å². The van der Waals surface area contributed by atoms with Crippen molar-refractivity contribution in [3.05, 3.63) is 52.8 Å². The minimum Gasteiger partial charge on any atom is -0.318 e. The zero-order valence-electron chi connectivity index (χ0n) is 10.6. The first kappa shape index (κ1) is 14.7. The molecule has 0 bridgehead atoms. The second-order valence-corrected chi connectivity index (χ2v) is 5.60. The van der Waals surface area contributed by atoms with Crippen molar-refractivity contribution >= 4 is 27.1 Å². The number of nitrogens with two attached hydrogens (primary N) is 1. The van der Waals surface area contributed by atoms with Gasteiger partial charge in [-0.25, -0.2) is 8.42 Å². The summed E-state index contributed by atoms with van der Waals surface area (Å²) in [6, 6.07) is 6.28. The highest BCUT2D eigenvalue weighted by Crippen LogP contribution is 2.27. The Morgan fingerprint density at radius 1 is 1.19 bits per heavy atom. The predicted octanol–water partition coefficient (Wildman–Crippen LogP) is 1.08. The molecule has 0 saturated carbocycles. The number of nitrogens with zero attached hydrogens (tertiary/aromatic N) is 2. The SMILES string of the molecule is NNc1ccc(S(=O)(=O)Nc2ccncc2)cc1[N+](=O)[O-]. The van der Waals surface area contributed by atoms with Crippen LogP contribution in [-0.4, -0.2) is 18.3 Å². The number of hydrogen-bond donors (Lipinski definition) is 3. The molecule has 0 atom stereocenters. The molecule has 1 heterocycles. The van der Waals surface area contributed by atoms with Gasteiger partial charge in [0.25, 0.3) is 15.7 Å². The Hall–Kier alpha value is -2.72. The third-order valence-electron chi connectivity index (χ3n) is 2.56. The number of anilines is 2. The van der Waals surface area contributed by atoms with E-state index in [1.807, 2.05) is 0 Å². The van der Waals surface area contributed by atoms with Crippen LogP contribution in [0.3, 0.4) is 0 Å². The zero-order chi connectivity index (χ0) is 15.5. The molecule has 0 aliphatic carbocycles. The number of benzene rings is 1. The van der Waals surface area contributed by atoms with E-state index in [1.54, 1.807) is 0 Å². The topological polar surface area (TPSA) is 140 Å². The normalized spacial score (nSPS) is 10.9. The van der Waals surface area contributed by atoms with Crippen LogP contribution in [0.25, 0.3) is 0 Å². The van der Waals surface area contributed by atoms with Crippen molar-refractivity contribution in [2.24, 2.45) is 5.84 Å². The fourth-order valence-corrected chi connectivity index (χ4v) is 2.66. The van der Waals surface area contributed by atoms with Gasteiger partial charge in [-0.2, -0.15) is 0 Å². The quantitative estimate of drug-likeness (QED) is 0.426. The molecule has 0 radical (unpaired) electrons. The molecule has 0 amide bonds. The molecule has 110 valence electrons. The first-order chi connectivity index (χ1) is 9.94. The van der Waals surface area contributed by atoms with Gasteiger partial charge >= 0.3 is 0 Å². The predicted molar refractivity (Wildman–Crippen MR) is 76.0 cm³/mol. The number of nitro benzene ring substituents is 1.